The Balaban J connectivity index is 2.03. The van der Waals surface area contributed by atoms with Gasteiger partial charge in [0.1, 0.15) is 0 Å². The van der Waals surface area contributed by atoms with Gasteiger partial charge in [0.15, 0.2) is 0 Å². The molecule has 10 heavy (non-hydrogen) atoms. The van der Waals surface area contributed by atoms with Crippen LogP contribution in [-0.4, -0.2) is 19.4 Å². The molecule has 0 saturated heterocycles. The van der Waals surface area contributed by atoms with E-state index in [2.05, 4.69) is 6.55 Å². The number of aliphatic hydroxyl groups excluding tert-OH is 1. The number of aliphatic hydroxyl groups is 1. The smallest absolute Gasteiger partial charge is 0.0864 e. The molecular weight excluding hydrogens is 140 g/mol. The summed E-state index contributed by atoms with van der Waals surface area (Å²) in [5.74, 6) is 0. The molecule has 0 aliphatic heterocycles. The van der Waals surface area contributed by atoms with Crippen LogP contribution in [0.3, 0.4) is 0 Å². The maximum atomic E-state index is 9.27. The van der Waals surface area contributed by atoms with Gasteiger partial charge in [-0.1, -0.05) is 32.2 Å². The van der Waals surface area contributed by atoms with Crippen LogP contribution in [0.15, 0.2) is 0 Å². The highest BCUT2D eigenvalue weighted by Gasteiger charge is 2.52. The fourth-order valence-corrected chi connectivity index (χ4v) is 6.23. The molecule has 0 radical (unpaired) electrons. The molecule has 2 aliphatic carbocycles. The molecule has 0 spiro atoms. The van der Waals surface area contributed by atoms with E-state index in [4.69, 9.17) is 0 Å². The third-order valence-electron chi connectivity index (χ3n) is 3.36. The summed E-state index contributed by atoms with van der Waals surface area (Å²) < 4.78 is 0. The molecule has 2 saturated carbocycles. The molecule has 1 nitrogen and oxygen atoms in total. The maximum absolute atomic E-state index is 9.27. The van der Waals surface area contributed by atoms with Gasteiger partial charge >= 0.3 is 0 Å². The van der Waals surface area contributed by atoms with Crippen molar-refractivity contribution in [2.24, 2.45) is 0 Å². The molecule has 0 atom stereocenters. The fourth-order valence-electron chi connectivity index (χ4n) is 2.08. The molecule has 0 aromatic carbocycles. The van der Waals surface area contributed by atoms with Crippen LogP contribution in [-0.2, 0) is 0 Å². The lowest BCUT2D eigenvalue weighted by molar-refractivity contribution is 0.355. The Kier molecular flexibility index (Phi) is 1.43. The second-order valence-electron chi connectivity index (χ2n) is 4.21. The van der Waals surface area contributed by atoms with E-state index in [1.165, 1.54) is 25.7 Å². The summed E-state index contributed by atoms with van der Waals surface area (Å²) >= 11 is 0. The molecule has 58 valence electrons. The Morgan fingerprint density at radius 3 is 1.80 bits per heavy atom. The van der Waals surface area contributed by atoms with Crippen molar-refractivity contribution >= 4 is 8.07 Å². The first-order chi connectivity index (χ1) is 4.77. The van der Waals surface area contributed by atoms with Crippen molar-refractivity contribution in [1.82, 2.24) is 0 Å². The Morgan fingerprint density at radius 1 is 1.20 bits per heavy atom. The molecule has 0 bridgehead atoms. The average molecular weight is 156 g/mol. The number of hydrogen-bond donors (Lipinski definition) is 1. The highest BCUT2D eigenvalue weighted by Crippen LogP contribution is 2.57. The molecule has 0 unspecified atom stereocenters. The van der Waals surface area contributed by atoms with E-state index in [9.17, 15) is 5.11 Å². The molecule has 2 rings (SSSR count). The highest BCUT2D eigenvalue weighted by atomic mass is 28.3. The van der Waals surface area contributed by atoms with E-state index in [-0.39, 0.29) is 0 Å². The molecule has 0 heterocycles. The quantitative estimate of drug-likeness (QED) is 0.619. The van der Waals surface area contributed by atoms with E-state index in [1.54, 1.807) is 0 Å². The largest absolute Gasteiger partial charge is 0.400 e. The van der Waals surface area contributed by atoms with Gasteiger partial charge in [0.25, 0.3) is 0 Å². The van der Waals surface area contributed by atoms with Gasteiger partial charge in [-0.3, -0.25) is 0 Å². The summed E-state index contributed by atoms with van der Waals surface area (Å²) in [6, 6.07) is 0. The summed E-state index contributed by atoms with van der Waals surface area (Å²) in [4.78, 5) is 0. The lowest BCUT2D eigenvalue weighted by atomic mass is 10.9. The van der Waals surface area contributed by atoms with Crippen LogP contribution in [0.1, 0.15) is 25.7 Å². The molecule has 0 aromatic rings. The van der Waals surface area contributed by atoms with Crippen molar-refractivity contribution in [2.75, 3.05) is 6.23 Å². The topological polar surface area (TPSA) is 20.2 Å². The minimum absolute atomic E-state index is 0.558. The molecule has 0 amide bonds. The third-order valence-corrected chi connectivity index (χ3v) is 8.93. The van der Waals surface area contributed by atoms with Crippen LogP contribution < -0.4 is 0 Å². The first-order valence-electron chi connectivity index (χ1n) is 4.38. The van der Waals surface area contributed by atoms with Crippen molar-refractivity contribution in [3.05, 3.63) is 0 Å². The van der Waals surface area contributed by atoms with E-state index >= 15 is 0 Å². The minimum atomic E-state index is -1.10. The van der Waals surface area contributed by atoms with Gasteiger partial charge in [0, 0.05) is 6.23 Å². The Bertz CT molecular complexity index is 126. The van der Waals surface area contributed by atoms with Gasteiger partial charge in [-0.25, -0.2) is 0 Å². The second kappa shape index (κ2) is 2.08. The maximum Gasteiger partial charge on any atom is 0.0864 e. The normalized spacial score (nSPS) is 27.0. The van der Waals surface area contributed by atoms with Crippen molar-refractivity contribution in [3.63, 3.8) is 0 Å². The summed E-state index contributed by atoms with van der Waals surface area (Å²) in [7, 11) is -1.10. The summed E-state index contributed by atoms with van der Waals surface area (Å²) in [6.07, 6.45) is 6.28. The highest BCUT2D eigenvalue weighted by molar-refractivity contribution is 6.82. The van der Waals surface area contributed by atoms with Crippen LogP contribution in [0.5, 0.6) is 0 Å². The van der Waals surface area contributed by atoms with Crippen LogP contribution in [0.25, 0.3) is 0 Å². The minimum Gasteiger partial charge on any atom is -0.400 e. The van der Waals surface area contributed by atoms with Crippen LogP contribution >= 0.6 is 0 Å². The number of rotatable bonds is 3. The lowest BCUT2D eigenvalue weighted by Gasteiger charge is -2.23. The summed E-state index contributed by atoms with van der Waals surface area (Å²) in [5.41, 5.74) is 2.01. The van der Waals surface area contributed by atoms with Crippen LogP contribution in [0, 0.1) is 0 Å². The monoisotopic (exact) mass is 156 g/mol. The van der Waals surface area contributed by atoms with Gasteiger partial charge in [0.2, 0.25) is 0 Å². The fraction of sp³-hybridized carbons (Fsp3) is 1.00. The van der Waals surface area contributed by atoms with Crippen molar-refractivity contribution in [1.29, 1.82) is 0 Å². The van der Waals surface area contributed by atoms with Gasteiger partial charge in [-0.2, -0.15) is 0 Å². The zero-order chi connectivity index (χ0) is 7.19. The van der Waals surface area contributed by atoms with E-state index < -0.39 is 8.07 Å². The first kappa shape index (κ1) is 6.86. The zero-order valence-corrected chi connectivity index (χ0v) is 7.64. The average Bonchev–Trinajstić information content (AvgIpc) is 2.73. The lowest BCUT2D eigenvalue weighted by Crippen LogP contribution is -2.36. The molecule has 0 aromatic heterocycles. The molecule has 2 heteroatoms. The number of hydrogen-bond acceptors (Lipinski definition) is 1. The van der Waals surface area contributed by atoms with Crippen molar-refractivity contribution in [2.45, 2.75) is 43.3 Å². The van der Waals surface area contributed by atoms with Crippen LogP contribution in [0.4, 0.5) is 0 Å². The van der Waals surface area contributed by atoms with Gasteiger partial charge in [0.05, 0.1) is 8.07 Å². The van der Waals surface area contributed by atoms with Gasteiger partial charge in [-0.05, 0) is 11.1 Å². The molecule has 1 N–H and O–H groups in total. The third kappa shape index (κ3) is 0.939. The standard InChI is InChI=1S/C8H16OSi/c1-10(6-9,7-2-3-7)8-4-5-8/h7-9H,2-6H2,1H3. The zero-order valence-electron chi connectivity index (χ0n) is 6.64. The van der Waals surface area contributed by atoms with E-state index in [0.717, 1.165) is 11.1 Å². The SMILES string of the molecule is C[Si](CO)(C1CC1)C1CC1. The summed E-state index contributed by atoms with van der Waals surface area (Å²) in [6.45, 7) is 2.41. The molecule has 2 fully saturated rings. The van der Waals surface area contributed by atoms with Crippen molar-refractivity contribution < 1.29 is 5.11 Å². The van der Waals surface area contributed by atoms with E-state index in [0.29, 0.717) is 6.23 Å². The Hall–Kier alpha value is 0.177. The van der Waals surface area contributed by atoms with E-state index in [1.807, 2.05) is 0 Å². The predicted octanol–water partition coefficient (Wildman–Crippen LogP) is 1.92. The Morgan fingerprint density at radius 2 is 1.60 bits per heavy atom. The Labute approximate surface area is 63.5 Å². The predicted molar refractivity (Wildman–Crippen MR) is 44.7 cm³/mol. The van der Waals surface area contributed by atoms with Gasteiger partial charge in [-0.15, -0.1) is 0 Å². The van der Waals surface area contributed by atoms with Gasteiger partial charge < -0.3 is 5.11 Å². The molecule has 2 aliphatic rings. The second-order valence-corrected chi connectivity index (χ2v) is 9.17. The molecular formula is C8H16OSi. The van der Waals surface area contributed by atoms with Crippen LogP contribution in [0.2, 0.25) is 17.6 Å². The first-order valence-corrected chi connectivity index (χ1v) is 7.24. The summed E-state index contributed by atoms with van der Waals surface area (Å²) in [5, 5.41) is 9.27. The van der Waals surface area contributed by atoms with Crippen molar-refractivity contribution in [3.8, 4) is 0 Å².